The highest BCUT2D eigenvalue weighted by Crippen LogP contribution is 2.41. The monoisotopic (exact) mass is 587 g/mol. The Morgan fingerprint density at radius 2 is 1.77 bits per heavy atom. The Labute approximate surface area is 234 Å². The summed E-state index contributed by atoms with van der Waals surface area (Å²) in [7, 11) is -4.54. The molecule has 0 bridgehead atoms. The number of amides is 1. The summed E-state index contributed by atoms with van der Waals surface area (Å²) in [6.45, 7) is 3.96. The first kappa shape index (κ1) is 28.3. The first-order valence-corrected chi connectivity index (χ1v) is 13.9. The average molecular weight is 588 g/mol. The molecule has 0 atom stereocenters. The third-order valence-corrected chi connectivity index (χ3v) is 7.51. The molecule has 0 aromatic heterocycles. The number of fused-ring (bicyclic) bond motifs is 1. The van der Waals surface area contributed by atoms with E-state index in [0.29, 0.717) is 40.8 Å². The first-order valence-electron chi connectivity index (χ1n) is 11.7. The Bertz CT molecular complexity index is 1720. The fraction of sp³-hybridized carbons (Fsp3) is 0.148. The Balaban J connectivity index is 1.79. The van der Waals surface area contributed by atoms with Crippen LogP contribution in [0.1, 0.15) is 29.8 Å². The molecule has 4 rings (SSSR count). The van der Waals surface area contributed by atoms with Crippen LogP contribution >= 0.6 is 23.2 Å². The maximum atomic E-state index is 13.3. The minimum Gasteiger partial charge on any atom is -0.505 e. The van der Waals surface area contributed by atoms with Crippen molar-refractivity contribution < 1.29 is 27.6 Å². The van der Waals surface area contributed by atoms with Crippen LogP contribution in [0.5, 0.6) is 11.5 Å². The van der Waals surface area contributed by atoms with E-state index in [0.717, 1.165) is 0 Å². The van der Waals surface area contributed by atoms with Crippen molar-refractivity contribution >= 4 is 67.1 Å². The van der Waals surface area contributed by atoms with Crippen molar-refractivity contribution in [3.05, 3.63) is 81.8 Å². The summed E-state index contributed by atoms with van der Waals surface area (Å²) in [4.78, 5) is 12.8. The van der Waals surface area contributed by atoms with Crippen LogP contribution in [-0.2, 0) is 16.5 Å². The van der Waals surface area contributed by atoms with Gasteiger partial charge in [0, 0.05) is 5.39 Å². The van der Waals surface area contributed by atoms with Crippen LogP contribution in [0.2, 0.25) is 10.0 Å². The van der Waals surface area contributed by atoms with Gasteiger partial charge in [0.05, 0.1) is 28.6 Å². The Morgan fingerprint density at radius 3 is 2.46 bits per heavy atom. The number of anilines is 1. The highest BCUT2D eigenvalue weighted by atomic mass is 35.5. The van der Waals surface area contributed by atoms with E-state index >= 15 is 0 Å². The third kappa shape index (κ3) is 5.99. The maximum Gasteiger partial charge on any atom is 0.296 e. The van der Waals surface area contributed by atoms with Crippen LogP contribution in [0.4, 0.5) is 17.1 Å². The highest BCUT2D eigenvalue weighted by Gasteiger charge is 2.21. The molecule has 12 heteroatoms. The molecule has 1 amide bonds. The summed E-state index contributed by atoms with van der Waals surface area (Å²) in [5.74, 6) is -0.662. The topological polar surface area (TPSA) is 138 Å². The molecule has 0 aliphatic heterocycles. The van der Waals surface area contributed by atoms with Crippen LogP contribution in [-0.4, -0.2) is 30.6 Å². The van der Waals surface area contributed by atoms with E-state index in [1.165, 1.54) is 18.2 Å². The molecular weight excluding hydrogens is 565 g/mol. The van der Waals surface area contributed by atoms with E-state index in [1.54, 1.807) is 49.4 Å². The van der Waals surface area contributed by atoms with E-state index in [-0.39, 0.29) is 27.0 Å². The number of aryl methyl sites for hydroxylation is 1. The largest absolute Gasteiger partial charge is 0.505 e. The van der Waals surface area contributed by atoms with Gasteiger partial charge in [0.25, 0.3) is 16.0 Å². The van der Waals surface area contributed by atoms with Crippen molar-refractivity contribution in [2.24, 2.45) is 10.2 Å². The lowest BCUT2D eigenvalue weighted by molar-refractivity contribution is 0.102. The van der Waals surface area contributed by atoms with Crippen LogP contribution in [0.25, 0.3) is 10.8 Å². The SMILES string of the molecule is CCOc1cccc(NC(=O)c2cc3ccccc3c(N=Nc3cc(Cl)c(S(=O)(=O)O)cc3CC)c2O)c1Cl. The predicted molar refractivity (Wildman–Crippen MR) is 151 cm³/mol. The minimum absolute atomic E-state index is 0.0180. The fourth-order valence-electron chi connectivity index (χ4n) is 3.92. The molecule has 202 valence electrons. The first-order chi connectivity index (χ1) is 18.5. The number of rotatable bonds is 8. The lowest BCUT2D eigenvalue weighted by atomic mass is 10.0. The maximum absolute atomic E-state index is 13.3. The average Bonchev–Trinajstić information content (AvgIpc) is 2.89. The van der Waals surface area contributed by atoms with Gasteiger partial charge in [-0.1, -0.05) is 60.5 Å². The van der Waals surface area contributed by atoms with Crippen LogP contribution in [0.3, 0.4) is 0 Å². The number of halogens is 2. The highest BCUT2D eigenvalue weighted by molar-refractivity contribution is 7.86. The number of carbonyl (C=O) groups is 1. The number of ether oxygens (including phenoxy) is 1. The van der Waals surface area contributed by atoms with Gasteiger partial charge in [-0.2, -0.15) is 13.5 Å². The van der Waals surface area contributed by atoms with Crippen molar-refractivity contribution in [3.8, 4) is 11.5 Å². The number of azo groups is 1. The zero-order valence-corrected chi connectivity index (χ0v) is 23.1. The second-order valence-electron chi connectivity index (χ2n) is 8.29. The van der Waals surface area contributed by atoms with Crippen molar-refractivity contribution in [2.45, 2.75) is 25.2 Å². The molecule has 0 aliphatic rings. The lowest BCUT2D eigenvalue weighted by Crippen LogP contribution is -2.13. The molecule has 0 saturated heterocycles. The van der Waals surface area contributed by atoms with Gasteiger partial charge >= 0.3 is 0 Å². The normalized spacial score (nSPS) is 11.7. The Morgan fingerprint density at radius 1 is 1.03 bits per heavy atom. The number of phenolic OH excluding ortho intramolecular Hbond substituents is 1. The minimum atomic E-state index is -4.54. The number of aromatic hydroxyl groups is 1. The zero-order chi connectivity index (χ0) is 28.3. The standard InChI is InChI=1S/C27H23Cl2N3O6S/c1-3-15-13-23(39(35,36)37)19(28)14-21(15)31-32-25-17-9-6-5-8-16(17)12-18(26(25)33)27(34)30-20-10-7-11-22(24(20)29)38-4-2/h5-14,33H,3-4H2,1-2H3,(H,30,34)(H,35,36,37). The number of phenols is 1. The number of hydrogen-bond donors (Lipinski definition) is 3. The molecule has 0 spiro atoms. The summed E-state index contributed by atoms with van der Waals surface area (Å²) in [6, 6.07) is 15.9. The third-order valence-electron chi connectivity index (χ3n) is 5.80. The van der Waals surface area contributed by atoms with Gasteiger partial charge in [-0.3, -0.25) is 9.35 Å². The molecule has 4 aromatic carbocycles. The zero-order valence-electron chi connectivity index (χ0n) is 20.8. The molecule has 0 aliphatic carbocycles. The molecule has 0 fully saturated rings. The molecule has 0 radical (unpaired) electrons. The molecule has 0 unspecified atom stereocenters. The van der Waals surface area contributed by atoms with Crippen molar-refractivity contribution in [3.63, 3.8) is 0 Å². The summed E-state index contributed by atoms with van der Waals surface area (Å²) < 4.78 is 38.2. The fourth-order valence-corrected chi connectivity index (χ4v) is 5.19. The molecule has 3 N–H and O–H groups in total. The Kier molecular flexibility index (Phi) is 8.41. The quantitative estimate of drug-likeness (QED) is 0.142. The smallest absolute Gasteiger partial charge is 0.296 e. The molecule has 4 aromatic rings. The van der Waals surface area contributed by atoms with Gasteiger partial charge in [0.2, 0.25) is 0 Å². The summed E-state index contributed by atoms with van der Waals surface area (Å²) in [5, 5.41) is 23.4. The van der Waals surface area contributed by atoms with Gasteiger partial charge in [-0.15, -0.1) is 5.11 Å². The number of nitrogens with one attached hydrogen (secondary N) is 1. The number of nitrogens with zero attached hydrogens (tertiary/aromatic N) is 2. The molecule has 39 heavy (non-hydrogen) atoms. The second-order valence-corrected chi connectivity index (χ2v) is 10.5. The second kappa shape index (κ2) is 11.6. The van der Waals surface area contributed by atoms with E-state index in [2.05, 4.69) is 15.5 Å². The van der Waals surface area contributed by atoms with E-state index in [1.807, 2.05) is 6.92 Å². The summed E-state index contributed by atoms with van der Waals surface area (Å²) in [5.41, 5.74) is 0.912. The number of benzene rings is 4. The lowest BCUT2D eigenvalue weighted by Gasteiger charge is -2.13. The predicted octanol–water partition coefficient (Wildman–Crippen LogP) is 7.73. The van der Waals surface area contributed by atoms with Crippen LogP contribution < -0.4 is 10.1 Å². The van der Waals surface area contributed by atoms with Crippen molar-refractivity contribution in [1.29, 1.82) is 0 Å². The van der Waals surface area contributed by atoms with Crippen LogP contribution in [0.15, 0.2) is 75.8 Å². The van der Waals surface area contributed by atoms with Gasteiger partial charge in [-0.25, -0.2) is 0 Å². The Hall–Kier alpha value is -3.70. The number of carbonyl (C=O) groups excluding carboxylic acids is 1. The summed E-state index contributed by atoms with van der Waals surface area (Å²) >= 11 is 12.5. The number of hydrogen-bond acceptors (Lipinski definition) is 7. The van der Waals surface area contributed by atoms with E-state index in [9.17, 15) is 22.9 Å². The van der Waals surface area contributed by atoms with Crippen molar-refractivity contribution in [2.75, 3.05) is 11.9 Å². The molecule has 0 heterocycles. The molecule has 0 saturated carbocycles. The van der Waals surface area contributed by atoms with Gasteiger partial charge in [-0.05, 0) is 54.6 Å². The van der Waals surface area contributed by atoms with Gasteiger partial charge < -0.3 is 15.2 Å². The van der Waals surface area contributed by atoms with Crippen molar-refractivity contribution in [1.82, 2.24) is 0 Å². The van der Waals surface area contributed by atoms with E-state index in [4.69, 9.17) is 27.9 Å². The van der Waals surface area contributed by atoms with Crippen LogP contribution in [0, 0.1) is 0 Å². The van der Waals surface area contributed by atoms with Gasteiger partial charge in [0.1, 0.15) is 21.4 Å². The van der Waals surface area contributed by atoms with E-state index < -0.39 is 26.7 Å². The summed E-state index contributed by atoms with van der Waals surface area (Å²) in [6.07, 6.45) is 0.352. The molecular formula is C27H23Cl2N3O6S. The molecule has 9 nitrogen and oxygen atoms in total. The van der Waals surface area contributed by atoms with Gasteiger partial charge in [0.15, 0.2) is 5.75 Å².